The molecule has 0 aliphatic heterocycles. The van der Waals surface area contributed by atoms with Crippen molar-refractivity contribution in [2.24, 2.45) is 10.7 Å². The van der Waals surface area contributed by atoms with Crippen LogP contribution in [-0.2, 0) is 11.2 Å². The zero-order valence-corrected chi connectivity index (χ0v) is 12.8. The van der Waals surface area contributed by atoms with Crippen molar-refractivity contribution < 1.29 is 4.79 Å². The monoisotopic (exact) mass is 327 g/mol. The van der Waals surface area contributed by atoms with E-state index in [4.69, 9.17) is 17.3 Å². The molecule has 4 N–H and O–H groups in total. The lowest BCUT2D eigenvalue weighted by Gasteiger charge is -2.01. The third kappa shape index (κ3) is 3.87. The lowest BCUT2D eigenvalue weighted by Crippen LogP contribution is -2.25. The number of rotatable bonds is 3. The van der Waals surface area contributed by atoms with Crippen molar-refractivity contribution in [1.82, 2.24) is 9.97 Å². The Morgan fingerprint density at radius 1 is 1.26 bits per heavy atom. The molecular weight excluding hydrogens is 314 g/mol. The third-order valence-electron chi connectivity index (χ3n) is 3.13. The van der Waals surface area contributed by atoms with Crippen LogP contribution in [0.5, 0.6) is 0 Å². The van der Waals surface area contributed by atoms with Gasteiger partial charge in [-0.05, 0) is 23.8 Å². The summed E-state index contributed by atoms with van der Waals surface area (Å²) in [4.78, 5) is 23.0. The number of benzene rings is 2. The molecule has 0 aliphatic rings. The Hall–Kier alpha value is -2.86. The Bertz CT molecular complexity index is 873. The molecule has 0 radical (unpaired) electrons. The lowest BCUT2D eigenvalue weighted by atomic mass is 10.1. The first-order chi connectivity index (χ1) is 11.1. The van der Waals surface area contributed by atoms with Crippen molar-refractivity contribution >= 4 is 40.4 Å². The number of imidazole rings is 1. The van der Waals surface area contributed by atoms with E-state index >= 15 is 0 Å². The topological polar surface area (TPSA) is 96.2 Å². The summed E-state index contributed by atoms with van der Waals surface area (Å²) in [6.07, 6.45) is 0.193. The second-order valence-corrected chi connectivity index (χ2v) is 5.36. The Morgan fingerprint density at radius 3 is 2.83 bits per heavy atom. The number of nitrogens with two attached hydrogens (primary N) is 1. The summed E-state index contributed by atoms with van der Waals surface area (Å²) < 4.78 is 0. The fourth-order valence-corrected chi connectivity index (χ4v) is 2.31. The van der Waals surface area contributed by atoms with Gasteiger partial charge in [-0.15, -0.1) is 0 Å². The van der Waals surface area contributed by atoms with Crippen molar-refractivity contribution in [1.29, 1.82) is 0 Å². The van der Waals surface area contributed by atoms with Gasteiger partial charge in [0.1, 0.15) is 0 Å². The number of aliphatic imine (C=N–C) groups is 1. The summed E-state index contributed by atoms with van der Waals surface area (Å²) >= 11 is 5.92. The molecule has 116 valence electrons. The van der Waals surface area contributed by atoms with Crippen LogP contribution >= 0.6 is 11.6 Å². The normalized spacial score (nSPS) is 11.6. The number of nitrogens with zero attached hydrogens (tertiary/aromatic N) is 2. The van der Waals surface area contributed by atoms with Crippen LogP contribution in [-0.4, -0.2) is 21.8 Å². The molecule has 0 aliphatic carbocycles. The van der Waals surface area contributed by atoms with E-state index in [0.717, 1.165) is 16.6 Å². The van der Waals surface area contributed by atoms with Gasteiger partial charge in [0.25, 0.3) is 5.91 Å². The zero-order chi connectivity index (χ0) is 16.2. The highest BCUT2D eigenvalue weighted by Crippen LogP contribution is 2.18. The number of H-pyrrole nitrogens is 1. The molecule has 1 heterocycles. The molecule has 2 aromatic carbocycles. The van der Waals surface area contributed by atoms with Gasteiger partial charge in [0.05, 0.1) is 17.5 Å². The molecule has 0 unspecified atom stereocenters. The molecule has 0 fully saturated rings. The van der Waals surface area contributed by atoms with E-state index < -0.39 is 0 Å². The van der Waals surface area contributed by atoms with E-state index in [-0.39, 0.29) is 18.3 Å². The van der Waals surface area contributed by atoms with Gasteiger partial charge in [0, 0.05) is 5.02 Å². The van der Waals surface area contributed by atoms with Crippen LogP contribution in [0, 0.1) is 0 Å². The number of amides is 1. The second kappa shape index (κ2) is 6.50. The first-order valence-electron chi connectivity index (χ1n) is 6.93. The van der Waals surface area contributed by atoms with Gasteiger partial charge in [0.15, 0.2) is 0 Å². The van der Waals surface area contributed by atoms with Gasteiger partial charge in [-0.25, -0.2) is 4.98 Å². The Labute approximate surface area is 137 Å². The van der Waals surface area contributed by atoms with E-state index in [0.29, 0.717) is 11.0 Å². The van der Waals surface area contributed by atoms with Crippen LogP contribution in [0.1, 0.15) is 5.56 Å². The number of aromatic nitrogens is 2. The molecule has 0 bridgehead atoms. The molecule has 7 heteroatoms. The number of aromatic amines is 1. The average Bonchev–Trinajstić information content (AvgIpc) is 2.89. The molecule has 3 aromatic rings. The lowest BCUT2D eigenvalue weighted by molar-refractivity contribution is -0.117. The number of carbonyl (C=O) groups excluding carboxylic acids is 1. The van der Waals surface area contributed by atoms with Gasteiger partial charge in [0.2, 0.25) is 11.9 Å². The predicted octanol–water partition coefficient (Wildman–Crippen LogP) is 2.71. The van der Waals surface area contributed by atoms with Gasteiger partial charge in [-0.3, -0.25) is 10.1 Å². The van der Waals surface area contributed by atoms with E-state index in [9.17, 15) is 4.79 Å². The quantitative estimate of drug-likeness (QED) is 0.509. The van der Waals surface area contributed by atoms with Crippen molar-refractivity contribution in [3.05, 3.63) is 59.1 Å². The molecule has 1 aromatic heterocycles. The van der Waals surface area contributed by atoms with E-state index in [1.807, 2.05) is 30.3 Å². The number of hydrogen-bond acceptors (Lipinski definition) is 2. The van der Waals surface area contributed by atoms with Crippen LogP contribution in [0.15, 0.2) is 53.5 Å². The van der Waals surface area contributed by atoms with Crippen molar-refractivity contribution in [3.63, 3.8) is 0 Å². The average molecular weight is 328 g/mol. The Balaban J connectivity index is 1.69. The molecule has 23 heavy (non-hydrogen) atoms. The minimum absolute atomic E-state index is 0.0175. The van der Waals surface area contributed by atoms with E-state index in [1.54, 1.807) is 18.2 Å². The van der Waals surface area contributed by atoms with Crippen LogP contribution in [0.3, 0.4) is 0 Å². The van der Waals surface area contributed by atoms with Crippen LogP contribution in [0.4, 0.5) is 5.95 Å². The molecule has 0 saturated carbocycles. The van der Waals surface area contributed by atoms with Crippen LogP contribution in [0.25, 0.3) is 11.0 Å². The second-order valence-electron chi connectivity index (χ2n) is 4.93. The summed E-state index contributed by atoms with van der Waals surface area (Å²) in [5.74, 6) is 0.0486. The molecule has 0 saturated heterocycles. The van der Waals surface area contributed by atoms with Crippen molar-refractivity contribution in [3.8, 4) is 0 Å². The van der Waals surface area contributed by atoms with Gasteiger partial charge >= 0.3 is 0 Å². The smallest absolute Gasteiger partial charge is 0.253 e. The molecular formula is C16H14ClN5O. The summed E-state index contributed by atoms with van der Waals surface area (Å²) in [5, 5.41) is 3.37. The van der Waals surface area contributed by atoms with Crippen LogP contribution in [0.2, 0.25) is 5.02 Å². The summed E-state index contributed by atoms with van der Waals surface area (Å²) in [6.45, 7) is 0. The number of halogens is 1. The Morgan fingerprint density at radius 2 is 2.04 bits per heavy atom. The maximum atomic E-state index is 11.9. The molecule has 6 nitrogen and oxygen atoms in total. The highest BCUT2D eigenvalue weighted by Gasteiger charge is 2.06. The number of anilines is 1. The maximum absolute atomic E-state index is 11.9. The number of nitrogens with one attached hydrogen (secondary N) is 2. The third-order valence-corrected chi connectivity index (χ3v) is 3.37. The first-order valence-corrected chi connectivity index (χ1v) is 7.31. The predicted molar refractivity (Wildman–Crippen MR) is 91.5 cm³/mol. The molecule has 1 amide bonds. The zero-order valence-electron chi connectivity index (χ0n) is 12.1. The SMILES string of the molecule is N/C(=N/C(=O)Cc1ccccc1)Nc1nc2ccc(Cl)cc2[nH]1. The highest BCUT2D eigenvalue weighted by molar-refractivity contribution is 6.31. The number of carbonyl (C=O) groups is 1. The van der Waals surface area contributed by atoms with Gasteiger partial charge in [-0.2, -0.15) is 4.99 Å². The fourth-order valence-electron chi connectivity index (χ4n) is 2.13. The van der Waals surface area contributed by atoms with E-state index in [1.165, 1.54) is 0 Å². The summed E-state index contributed by atoms with van der Waals surface area (Å²) in [5.41, 5.74) is 8.13. The van der Waals surface area contributed by atoms with Gasteiger partial charge in [-0.1, -0.05) is 41.9 Å². The molecule has 0 spiro atoms. The van der Waals surface area contributed by atoms with E-state index in [2.05, 4.69) is 20.3 Å². The van der Waals surface area contributed by atoms with Crippen molar-refractivity contribution in [2.45, 2.75) is 6.42 Å². The number of guanidine groups is 1. The van der Waals surface area contributed by atoms with Crippen LogP contribution < -0.4 is 11.1 Å². The number of fused-ring (bicyclic) bond motifs is 1. The Kier molecular flexibility index (Phi) is 4.25. The number of hydrogen-bond donors (Lipinski definition) is 3. The summed E-state index contributed by atoms with van der Waals surface area (Å²) in [6, 6.07) is 14.6. The minimum atomic E-state index is -0.333. The molecule has 0 atom stereocenters. The maximum Gasteiger partial charge on any atom is 0.253 e. The van der Waals surface area contributed by atoms with Gasteiger partial charge < -0.3 is 10.7 Å². The minimum Gasteiger partial charge on any atom is -0.369 e. The largest absolute Gasteiger partial charge is 0.369 e. The highest BCUT2D eigenvalue weighted by atomic mass is 35.5. The first kappa shape index (κ1) is 15.1. The standard InChI is InChI=1S/C16H14ClN5O/c17-11-6-7-12-13(9-11)20-16(19-12)22-15(18)21-14(23)8-10-4-2-1-3-5-10/h1-7,9H,8H2,(H4,18,19,20,21,22,23). The van der Waals surface area contributed by atoms with Crippen molar-refractivity contribution in [2.75, 3.05) is 5.32 Å². The molecule has 3 rings (SSSR count). The summed E-state index contributed by atoms with van der Waals surface area (Å²) in [7, 11) is 0. The fraction of sp³-hybridized carbons (Fsp3) is 0.0625.